The number of methoxy groups -OCH3 is 1. The summed E-state index contributed by atoms with van der Waals surface area (Å²) in [5.74, 6) is 0.703. The molecule has 1 aromatic carbocycles. The zero-order chi connectivity index (χ0) is 15.4. The number of aliphatic hydroxyl groups excluding tert-OH is 4. The lowest BCUT2D eigenvalue weighted by molar-refractivity contribution is -0.248. The van der Waals surface area contributed by atoms with Gasteiger partial charge in [0.2, 0.25) is 0 Å². The summed E-state index contributed by atoms with van der Waals surface area (Å²) in [5, 5.41) is 38.5. The monoisotopic (exact) mass is 297 g/mol. The number of aliphatic hydroxyl groups is 4. The molecule has 7 heteroatoms. The van der Waals surface area contributed by atoms with Crippen LogP contribution in [-0.2, 0) is 4.74 Å². The van der Waals surface area contributed by atoms with Gasteiger partial charge >= 0.3 is 0 Å². The topological polar surface area (TPSA) is 112 Å². The van der Waals surface area contributed by atoms with Gasteiger partial charge in [-0.25, -0.2) is 0 Å². The summed E-state index contributed by atoms with van der Waals surface area (Å²) in [5.41, 5.74) is 0.744. The van der Waals surface area contributed by atoms with Crippen molar-refractivity contribution < 1.29 is 29.9 Å². The molecule has 0 saturated carbocycles. The number of hydrogen-bond acceptors (Lipinski definition) is 7. The van der Waals surface area contributed by atoms with Gasteiger partial charge in [-0.05, 0) is 29.8 Å². The van der Waals surface area contributed by atoms with Crippen LogP contribution in [0.4, 0.5) is 0 Å². The third kappa shape index (κ3) is 3.58. The molecule has 0 aliphatic carbocycles. The van der Waals surface area contributed by atoms with Crippen molar-refractivity contribution >= 4 is 6.21 Å². The van der Waals surface area contributed by atoms with E-state index in [9.17, 15) is 15.3 Å². The third-order valence-electron chi connectivity index (χ3n) is 3.38. The fourth-order valence-electron chi connectivity index (χ4n) is 2.11. The van der Waals surface area contributed by atoms with Crippen LogP contribution in [-0.4, -0.2) is 71.0 Å². The zero-order valence-corrected chi connectivity index (χ0v) is 11.5. The van der Waals surface area contributed by atoms with E-state index in [4.69, 9.17) is 14.6 Å². The highest BCUT2D eigenvalue weighted by molar-refractivity contribution is 5.79. The van der Waals surface area contributed by atoms with Crippen LogP contribution in [0.2, 0.25) is 0 Å². The van der Waals surface area contributed by atoms with Gasteiger partial charge in [0.25, 0.3) is 0 Å². The predicted molar refractivity (Wildman–Crippen MR) is 74.4 cm³/mol. The van der Waals surface area contributed by atoms with E-state index < -0.39 is 37.3 Å². The molecule has 0 amide bonds. The average Bonchev–Trinajstić information content (AvgIpc) is 2.51. The third-order valence-corrected chi connectivity index (χ3v) is 3.38. The maximum atomic E-state index is 9.93. The number of benzene rings is 1. The summed E-state index contributed by atoms with van der Waals surface area (Å²) in [6, 6.07) is 6.00. The van der Waals surface area contributed by atoms with Crippen LogP contribution in [0.5, 0.6) is 5.75 Å². The molecule has 1 aliphatic rings. The maximum absolute atomic E-state index is 9.93. The van der Waals surface area contributed by atoms with Gasteiger partial charge in [-0.2, -0.15) is 0 Å². The van der Waals surface area contributed by atoms with Crippen LogP contribution >= 0.6 is 0 Å². The number of nitrogens with zero attached hydrogens (tertiary/aromatic N) is 1. The van der Waals surface area contributed by atoms with Crippen molar-refractivity contribution in [1.82, 2.24) is 0 Å². The lowest BCUT2D eigenvalue weighted by Crippen LogP contribution is -2.57. The Hall–Kier alpha value is -1.51. The largest absolute Gasteiger partial charge is 0.497 e. The molecule has 2 rings (SSSR count). The van der Waals surface area contributed by atoms with E-state index in [-0.39, 0.29) is 0 Å². The molecule has 116 valence electrons. The average molecular weight is 297 g/mol. The smallest absolute Gasteiger partial charge is 0.180 e. The molecule has 1 fully saturated rings. The van der Waals surface area contributed by atoms with Crippen molar-refractivity contribution in [3.63, 3.8) is 0 Å². The minimum atomic E-state index is -1.39. The zero-order valence-electron chi connectivity index (χ0n) is 11.5. The molecule has 5 atom stereocenters. The minimum Gasteiger partial charge on any atom is -0.497 e. The Bertz CT molecular complexity index is 477. The van der Waals surface area contributed by atoms with Gasteiger partial charge in [0.15, 0.2) is 6.29 Å². The SMILES string of the molecule is COc1ccc(C=N[C@@H]2[C@H](O)[C@@H](O)[C@@H](CO)O[C@H]2O)cc1. The van der Waals surface area contributed by atoms with E-state index in [0.717, 1.165) is 5.56 Å². The Morgan fingerprint density at radius 1 is 1.19 bits per heavy atom. The molecule has 21 heavy (non-hydrogen) atoms. The summed E-state index contributed by atoms with van der Waals surface area (Å²) in [6.45, 7) is -0.496. The first-order chi connectivity index (χ1) is 10.1. The number of rotatable bonds is 4. The summed E-state index contributed by atoms with van der Waals surface area (Å²) in [4.78, 5) is 4.06. The highest BCUT2D eigenvalue weighted by atomic mass is 16.6. The van der Waals surface area contributed by atoms with Gasteiger partial charge < -0.3 is 29.9 Å². The van der Waals surface area contributed by atoms with Crippen molar-refractivity contribution in [2.24, 2.45) is 4.99 Å². The van der Waals surface area contributed by atoms with Crippen LogP contribution in [0, 0.1) is 0 Å². The first kappa shape index (κ1) is 15.9. The van der Waals surface area contributed by atoms with Gasteiger partial charge in [0, 0.05) is 6.21 Å². The van der Waals surface area contributed by atoms with Crippen LogP contribution in [0.15, 0.2) is 29.3 Å². The molecular formula is C14H19NO6. The predicted octanol–water partition coefficient (Wildman–Crippen LogP) is -1.09. The summed E-state index contributed by atoms with van der Waals surface area (Å²) in [6.07, 6.45) is -3.58. The van der Waals surface area contributed by atoms with Crippen molar-refractivity contribution in [2.45, 2.75) is 30.6 Å². The van der Waals surface area contributed by atoms with E-state index in [0.29, 0.717) is 5.75 Å². The lowest BCUT2D eigenvalue weighted by Gasteiger charge is -2.38. The van der Waals surface area contributed by atoms with E-state index in [1.54, 1.807) is 31.4 Å². The van der Waals surface area contributed by atoms with Crippen molar-refractivity contribution in [3.05, 3.63) is 29.8 Å². The quantitative estimate of drug-likeness (QED) is 0.526. The number of aliphatic imine (C=N–C) groups is 1. The maximum Gasteiger partial charge on any atom is 0.180 e. The van der Waals surface area contributed by atoms with Crippen molar-refractivity contribution in [1.29, 1.82) is 0 Å². The summed E-state index contributed by atoms with van der Waals surface area (Å²) in [7, 11) is 1.56. The highest BCUT2D eigenvalue weighted by Crippen LogP contribution is 2.22. The number of ether oxygens (including phenoxy) is 2. The normalized spacial score (nSPS) is 33.3. The molecule has 1 heterocycles. The molecule has 0 radical (unpaired) electrons. The van der Waals surface area contributed by atoms with E-state index in [1.165, 1.54) is 6.21 Å². The second-order valence-electron chi connectivity index (χ2n) is 4.77. The van der Waals surface area contributed by atoms with Crippen molar-refractivity contribution in [2.75, 3.05) is 13.7 Å². The Kier molecular flexibility index (Phi) is 5.27. The Labute approximate surface area is 122 Å². The summed E-state index contributed by atoms with van der Waals surface area (Å²) < 4.78 is 10.1. The Morgan fingerprint density at radius 3 is 2.43 bits per heavy atom. The Morgan fingerprint density at radius 2 is 1.86 bits per heavy atom. The summed E-state index contributed by atoms with van der Waals surface area (Å²) >= 11 is 0. The lowest BCUT2D eigenvalue weighted by atomic mass is 9.97. The molecule has 1 aromatic rings. The second kappa shape index (κ2) is 6.97. The molecule has 4 N–H and O–H groups in total. The van der Waals surface area contributed by atoms with Crippen LogP contribution in [0.1, 0.15) is 5.56 Å². The molecular weight excluding hydrogens is 278 g/mol. The molecule has 0 spiro atoms. The van der Waals surface area contributed by atoms with Gasteiger partial charge in [-0.15, -0.1) is 0 Å². The van der Waals surface area contributed by atoms with E-state index >= 15 is 0 Å². The van der Waals surface area contributed by atoms with E-state index in [1.807, 2.05) is 0 Å². The van der Waals surface area contributed by atoms with Crippen LogP contribution in [0.25, 0.3) is 0 Å². The molecule has 0 bridgehead atoms. The van der Waals surface area contributed by atoms with Gasteiger partial charge in [0.1, 0.15) is 30.1 Å². The molecule has 7 nitrogen and oxygen atoms in total. The fourth-order valence-corrected chi connectivity index (χ4v) is 2.11. The number of hydrogen-bond donors (Lipinski definition) is 4. The highest BCUT2D eigenvalue weighted by Gasteiger charge is 2.43. The molecule has 1 saturated heterocycles. The molecule has 0 aromatic heterocycles. The van der Waals surface area contributed by atoms with Gasteiger partial charge in [-0.1, -0.05) is 0 Å². The second-order valence-corrected chi connectivity index (χ2v) is 4.77. The van der Waals surface area contributed by atoms with Crippen LogP contribution in [0.3, 0.4) is 0 Å². The van der Waals surface area contributed by atoms with Gasteiger partial charge in [-0.3, -0.25) is 4.99 Å². The van der Waals surface area contributed by atoms with Crippen LogP contribution < -0.4 is 4.74 Å². The molecule has 0 unspecified atom stereocenters. The van der Waals surface area contributed by atoms with Gasteiger partial charge in [0.05, 0.1) is 13.7 Å². The first-order valence-electron chi connectivity index (χ1n) is 6.54. The van der Waals surface area contributed by atoms with Crippen molar-refractivity contribution in [3.8, 4) is 5.75 Å². The first-order valence-corrected chi connectivity index (χ1v) is 6.54. The standard InChI is InChI=1S/C14H19NO6/c1-20-9-4-2-8(3-5-9)6-15-11-13(18)12(17)10(7-16)21-14(11)19/h2-6,10-14,16-19H,7H2,1H3/t10-,11-,12+,13+,14-/m1/s1. The minimum absolute atomic E-state index is 0.496. The fraction of sp³-hybridized carbons (Fsp3) is 0.500. The Balaban J connectivity index is 2.08. The van der Waals surface area contributed by atoms with E-state index in [2.05, 4.69) is 4.99 Å². The molecule has 1 aliphatic heterocycles.